The molecule has 0 aliphatic carbocycles. The summed E-state index contributed by atoms with van der Waals surface area (Å²) in [4.78, 5) is 0. The molecule has 2 nitrogen and oxygen atoms in total. The maximum Gasteiger partial charge on any atom is 0.161 e. The van der Waals surface area contributed by atoms with E-state index in [2.05, 4.69) is 30.9 Å². The third-order valence-electron chi connectivity index (χ3n) is 3.33. The molecule has 0 N–H and O–H groups in total. The van der Waals surface area contributed by atoms with E-state index in [0.717, 1.165) is 11.1 Å². The monoisotopic (exact) mass is 270 g/mol. The van der Waals surface area contributed by atoms with Crippen molar-refractivity contribution in [3.63, 3.8) is 0 Å². The smallest absolute Gasteiger partial charge is 0.161 e. The quantitative estimate of drug-likeness (QED) is 0.800. The van der Waals surface area contributed by atoms with Crippen molar-refractivity contribution in [3.8, 4) is 11.8 Å². The SMILES string of the molecule is COc1ccccc1[P+](C)(CC#N)c1ccccc1. The van der Waals surface area contributed by atoms with Crippen LogP contribution in [0.2, 0.25) is 0 Å². The highest BCUT2D eigenvalue weighted by atomic mass is 31.2. The van der Waals surface area contributed by atoms with Gasteiger partial charge in [-0.05, 0) is 24.3 Å². The van der Waals surface area contributed by atoms with Crippen LogP contribution in [0.25, 0.3) is 0 Å². The van der Waals surface area contributed by atoms with Crippen LogP contribution in [-0.4, -0.2) is 19.9 Å². The van der Waals surface area contributed by atoms with Crippen molar-refractivity contribution in [2.45, 2.75) is 0 Å². The molecule has 0 bridgehead atoms. The minimum atomic E-state index is -1.71. The first kappa shape index (κ1) is 13.6. The van der Waals surface area contributed by atoms with E-state index in [-0.39, 0.29) is 0 Å². The number of nitrogens with zero attached hydrogens (tertiary/aromatic N) is 1. The van der Waals surface area contributed by atoms with Crippen molar-refractivity contribution in [2.75, 3.05) is 19.9 Å². The average molecular weight is 270 g/mol. The fourth-order valence-electron chi connectivity index (χ4n) is 2.25. The maximum absolute atomic E-state index is 9.23. The predicted octanol–water partition coefficient (Wildman–Crippen LogP) is 2.82. The predicted molar refractivity (Wildman–Crippen MR) is 82.0 cm³/mol. The first-order chi connectivity index (χ1) is 9.22. The van der Waals surface area contributed by atoms with Gasteiger partial charge in [-0.1, -0.05) is 30.3 Å². The van der Waals surface area contributed by atoms with Crippen molar-refractivity contribution >= 4 is 17.9 Å². The maximum atomic E-state index is 9.23. The molecule has 0 aromatic heterocycles. The van der Waals surface area contributed by atoms with Crippen LogP contribution in [0.4, 0.5) is 0 Å². The number of methoxy groups -OCH3 is 1. The molecule has 2 aromatic rings. The number of para-hydroxylation sites is 1. The van der Waals surface area contributed by atoms with E-state index in [1.54, 1.807) is 7.11 Å². The number of rotatable bonds is 4. The lowest BCUT2D eigenvalue weighted by Gasteiger charge is -2.21. The third kappa shape index (κ3) is 2.62. The van der Waals surface area contributed by atoms with Gasteiger partial charge < -0.3 is 4.74 Å². The molecule has 0 amide bonds. The zero-order valence-corrected chi connectivity index (χ0v) is 12.1. The highest BCUT2D eigenvalue weighted by Crippen LogP contribution is 2.54. The normalized spacial score (nSPS) is 13.3. The van der Waals surface area contributed by atoms with Crippen LogP contribution in [-0.2, 0) is 0 Å². The number of hydrogen-bond acceptors (Lipinski definition) is 2. The lowest BCUT2D eigenvalue weighted by Crippen LogP contribution is -2.24. The molecule has 0 fully saturated rings. The standard InChI is InChI=1S/C16H17NOP/c1-18-15-10-6-7-11-16(15)19(2,13-12-17)14-8-4-3-5-9-14/h3-11H,13H2,1-2H3/q+1. The van der Waals surface area contributed by atoms with Gasteiger partial charge in [0.2, 0.25) is 0 Å². The molecule has 0 heterocycles. The summed E-state index contributed by atoms with van der Waals surface area (Å²) in [6.45, 7) is 2.20. The Morgan fingerprint density at radius 3 is 2.32 bits per heavy atom. The van der Waals surface area contributed by atoms with Gasteiger partial charge in [0.25, 0.3) is 0 Å². The fraction of sp³-hybridized carbons (Fsp3) is 0.188. The summed E-state index contributed by atoms with van der Waals surface area (Å²) < 4.78 is 5.48. The van der Waals surface area contributed by atoms with Crippen LogP contribution in [0, 0.1) is 11.3 Å². The molecule has 0 saturated heterocycles. The Morgan fingerprint density at radius 2 is 1.68 bits per heavy atom. The van der Waals surface area contributed by atoms with Crippen LogP contribution >= 0.6 is 7.26 Å². The molecule has 1 unspecified atom stereocenters. The van der Waals surface area contributed by atoms with E-state index in [1.807, 2.05) is 36.4 Å². The summed E-state index contributed by atoms with van der Waals surface area (Å²) in [5.41, 5.74) is 0. The molecular formula is C16H17NOP+. The highest BCUT2D eigenvalue weighted by Gasteiger charge is 2.39. The van der Waals surface area contributed by atoms with Gasteiger partial charge in [-0.3, -0.25) is 0 Å². The zero-order valence-electron chi connectivity index (χ0n) is 11.2. The van der Waals surface area contributed by atoms with E-state index in [0.29, 0.717) is 6.16 Å². The number of ether oxygens (including phenoxy) is 1. The van der Waals surface area contributed by atoms with Crippen LogP contribution in [0.3, 0.4) is 0 Å². The highest BCUT2D eigenvalue weighted by molar-refractivity contribution is 7.89. The molecule has 2 aromatic carbocycles. The molecular weight excluding hydrogens is 253 g/mol. The molecule has 3 heteroatoms. The van der Waals surface area contributed by atoms with Crippen molar-refractivity contribution < 1.29 is 4.74 Å². The Kier molecular flexibility index (Phi) is 4.20. The van der Waals surface area contributed by atoms with Gasteiger partial charge in [-0.25, -0.2) is 0 Å². The summed E-state index contributed by atoms with van der Waals surface area (Å²) in [6.07, 6.45) is 0.525. The van der Waals surface area contributed by atoms with Gasteiger partial charge in [0.15, 0.2) is 11.9 Å². The Hall–Kier alpha value is -1.84. The molecule has 19 heavy (non-hydrogen) atoms. The van der Waals surface area contributed by atoms with E-state index < -0.39 is 7.26 Å². The summed E-state index contributed by atoms with van der Waals surface area (Å²) in [6, 6.07) is 20.6. The van der Waals surface area contributed by atoms with Gasteiger partial charge in [0.1, 0.15) is 16.7 Å². The molecule has 0 saturated carbocycles. The lowest BCUT2D eigenvalue weighted by atomic mass is 10.3. The minimum absolute atomic E-state index is 0.525. The number of hydrogen-bond donors (Lipinski definition) is 0. The molecule has 96 valence electrons. The van der Waals surface area contributed by atoms with Gasteiger partial charge >= 0.3 is 0 Å². The van der Waals surface area contributed by atoms with Gasteiger partial charge in [0.05, 0.1) is 21.0 Å². The first-order valence-corrected chi connectivity index (χ1v) is 8.56. The van der Waals surface area contributed by atoms with Gasteiger partial charge in [-0.2, -0.15) is 5.26 Å². The third-order valence-corrected chi connectivity index (χ3v) is 6.97. The molecule has 2 rings (SSSR count). The van der Waals surface area contributed by atoms with Gasteiger partial charge in [0, 0.05) is 0 Å². The molecule has 0 aliphatic heterocycles. The Balaban J connectivity index is 2.60. The Morgan fingerprint density at radius 1 is 1.05 bits per heavy atom. The van der Waals surface area contributed by atoms with Crippen LogP contribution in [0.5, 0.6) is 5.75 Å². The summed E-state index contributed by atoms with van der Waals surface area (Å²) in [5.74, 6) is 0.873. The number of benzene rings is 2. The van der Waals surface area contributed by atoms with E-state index in [4.69, 9.17) is 4.74 Å². The number of nitriles is 1. The first-order valence-electron chi connectivity index (χ1n) is 6.14. The van der Waals surface area contributed by atoms with Crippen LogP contribution in [0.1, 0.15) is 0 Å². The van der Waals surface area contributed by atoms with Gasteiger partial charge in [-0.15, -0.1) is 0 Å². The molecule has 0 aliphatic rings. The fourth-order valence-corrected chi connectivity index (χ4v) is 5.06. The second kappa shape index (κ2) is 5.87. The zero-order chi connectivity index (χ0) is 13.7. The van der Waals surface area contributed by atoms with Crippen molar-refractivity contribution in [3.05, 3.63) is 54.6 Å². The van der Waals surface area contributed by atoms with E-state index in [1.165, 1.54) is 5.30 Å². The lowest BCUT2D eigenvalue weighted by molar-refractivity contribution is 0.418. The summed E-state index contributed by atoms with van der Waals surface area (Å²) in [7, 11) is -0.0332. The largest absolute Gasteiger partial charge is 0.493 e. The van der Waals surface area contributed by atoms with Crippen LogP contribution in [0.15, 0.2) is 54.6 Å². The van der Waals surface area contributed by atoms with E-state index >= 15 is 0 Å². The minimum Gasteiger partial charge on any atom is -0.493 e. The molecule has 0 radical (unpaired) electrons. The molecule has 0 spiro atoms. The molecule has 1 atom stereocenters. The second-order valence-electron chi connectivity index (χ2n) is 4.52. The summed E-state index contributed by atoms with van der Waals surface area (Å²) in [5, 5.41) is 11.6. The Labute approximate surface area is 115 Å². The van der Waals surface area contributed by atoms with E-state index in [9.17, 15) is 5.26 Å². The second-order valence-corrected chi connectivity index (χ2v) is 8.21. The Bertz CT molecular complexity index is 591. The van der Waals surface area contributed by atoms with Crippen molar-refractivity contribution in [1.82, 2.24) is 0 Å². The summed E-state index contributed by atoms with van der Waals surface area (Å²) >= 11 is 0. The van der Waals surface area contributed by atoms with Crippen LogP contribution < -0.4 is 15.3 Å². The van der Waals surface area contributed by atoms with Crippen molar-refractivity contribution in [2.24, 2.45) is 0 Å². The topological polar surface area (TPSA) is 33.0 Å². The van der Waals surface area contributed by atoms with Crippen molar-refractivity contribution in [1.29, 1.82) is 5.26 Å². The average Bonchev–Trinajstić information content (AvgIpc) is 2.48.